The van der Waals surface area contributed by atoms with Crippen LogP contribution >= 0.6 is 11.6 Å². The van der Waals surface area contributed by atoms with Crippen molar-refractivity contribution in [2.45, 2.75) is 50.5 Å². The van der Waals surface area contributed by atoms with E-state index in [0.717, 1.165) is 68.4 Å². The molecule has 30 heavy (non-hydrogen) atoms. The number of rotatable bonds is 5. The molecular formula is C24H28ClN3O2. The van der Waals surface area contributed by atoms with Gasteiger partial charge in [0, 0.05) is 30.3 Å². The lowest BCUT2D eigenvalue weighted by molar-refractivity contribution is -0.126. The Hall–Kier alpha value is -2.53. The second-order valence-corrected chi connectivity index (χ2v) is 8.74. The fraction of sp³-hybridized carbons (Fsp3) is 0.417. The SMILES string of the molecule is O=C(Nc1cccc(CNC(=O)C2(c3cccc(Cl)c3)CCCC2)c1)N1CCCC1. The van der Waals surface area contributed by atoms with Crippen molar-refractivity contribution in [1.82, 2.24) is 10.2 Å². The van der Waals surface area contributed by atoms with Crippen LogP contribution in [-0.2, 0) is 16.8 Å². The number of urea groups is 1. The van der Waals surface area contributed by atoms with Gasteiger partial charge in [-0.2, -0.15) is 0 Å². The van der Waals surface area contributed by atoms with Gasteiger partial charge in [-0.15, -0.1) is 0 Å². The average molecular weight is 426 g/mol. The Balaban J connectivity index is 1.42. The van der Waals surface area contributed by atoms with Gasteiger partial charge in [0.05, 0.1) is 5.41 Å². The van der Waals surface area contributed by atoms with Crippen molar-refractivity contribution in [3.63, 3.8) is 0 Å². The van der Waals surface area contributed by atoms with Gasteiger partial charge in [-0.25, -0.2) is 4.79 Å². The molecule has 0 atom stereocenters. The van der Waals surface area contributed by atoms with Gasteiger partial charge in [-0.05, 0) is 61.1 Å². The fourth-order valence-electron chi connectivity index (χ4n) is 4.64. The van der Waals surface area contributed by atoms with Crippen LogP contribution in [0.25, 0.3) is 0 Å². The zero-order chi connectivity index (χ0) is 21.0. The first-order valence-electron chi connectivity index (χ1n) is 10.8. The van der Waals surface area contributed by atoms with Crippen LogP contribution in [0, 0.1) is 0 Å². The monoisotopic (exact) mass is 425 g/mol. The van der Waals surface area contributed by atoms with Crippen LogP contribution in [0.5, 0.6) is 0 Å². The number of amides is 3. The highest BCUT2D eigenvalue weighted by molar-refractivity contribution is 6.30. The van der Waals surface area contributed by atoms with E-state index in [1.54, 1.807) is 0 Å². The Morgan fingerprint density at radius 3 is 2.43 bits per heavy atom. The summed E-state index contributed by atoms with van der Waals surface area (Å²) < 4.78 is 0. The Morgan fingerprint density at radius 1 is 0.967 bits per heavy atom. The Labute approximate surface area is 182 Å². The molecule has 1 saturated carbocycles. The molecule has 2 aliphatic rings. The van der Waals surface area contributed by atoms with E-state index in [1.807, 2.05) is 53.4 Å². The number of nitrogens with zero attached hydrogens (tertiary/aromatic N) is 1. The fourth-order valence-corrected chi connectivity index (χ4v) is 4.84. The van der Waals surface area contributed by atoms with Gasteiger partial charge in [0.15, 0.2) is 0 Å². The lowest BCUT2D eigenvalue weighted by atomic mass is 9.78. The van der Waals surface area contributed by atoms with Crippen LogP contribution in [0.15, 0.2) is 48.5 Å². The van der Waals surface area contributed by atoms with Gasteiger partial charge in [0.25, 0.3) is 0 Å². The number of nitrogens with one attached hydrogen (secondary N) is 2. The number of benzene rings is 2. The van der Waals surface area contributed by atoms with Crippen molar-refractivity contribution < 1.29 is 9.59 Å². The molecule has 2 fully saturated rings. The molecule has 1 saturated heterocycles. The topological polar surface area (TPSA) is 61.4 Å². The summed E-state index contributed by atoms with van der Waals surface area (Å²) in [7, 11) is 0. The van der Waals surface area contributed by atoms with Gasteiger partial charge >= 0.3 is 6.03 Å². The summed E-state index contributed by atoms with van der Waals surface area (Å²) in [5.41, 5.74) is 2.20. The van der Waals surface area contributed by atoms with E-state index in [1.165, 1.54) is 0 Å². The van der Waals surface area contributed by atoms with Crippen molar-refractivity contribution in [2.75, 3.05) is 18.4 Å². The number of carbonyl (C=O) groups excluding carboxylic acids is 2. The molecule has 2 aromatic rings. The summed E-state index contributed by atoms with van der Waals surface area (Å²) in [6.45, 7) is 2.05. The second-order valence-electron chi connectivity index (χ2n) is 8.31. The maximum absolute atomic E-state index is 13.3. The summed E-state index contributed by atoms with van der Waals surface area (Å²) in [5.74, 6) is 0.0498. The normalized spacial score (nSPS) is 17.7. The Kier molecular flexibility index (Phi) is 6.28. The number of halogens is 1. The molecule has 0 spiro atoms. The van der Waals surface area contributed by atoms with Crippen LogP contribution in [0.2, 0.25) is 5.02 Å². The number of anilines is 1. The first-order chi connectivity index (χ1) is 14.6. The number of likely N-dealkylation sites (tertiary alicyclic amines) is 1. The van der Waals surface area contributed by atoms with E-state index in [2.05, 4.69) is 10.6 Å². The van der Waals surface area contributed by atoms with Crippen molar-refractivity contribution in [3.05, 3.63) is 64.7 Å². The molecule has 6 heteroatoms. The molecule has 2 aromatic carbocycles. The summed E-state index contributed by atoms with van der Waals surface area (Å²) in [6, 6.07) is 15.3. The van der Waals surface area contributed by atoms with Crippen molar-refractivity contribution in [1.29, 1.82) is 0 Å². The molecular weight excluding hydrogens is 398 g/mol. The molecule has 3 amide bonds. The minimum Gasteiger partial charge on any atom is -0.351 e. The van der Waals surface area contributed by atoms with Crippen LogP contribution in [0.3, 0.4) is 0 Å². The number of hydrogen-bond acceptors (Lipinski definition) is 2. The third-order valence-electron chi connectivity index (χ3n) is 6.29. The highest BCUT2D eigenvalue weighted by Gasteiger charge is 2.42. The minimum atomic E-state index is -0.507. The average Bonchev–Trinajstić information content (AvgIpc) is 3.45. The first kappa shape index (κ1) is 20.7. The molecule has 5 nitrogen and oxygen atoms in total. The largest absolute Gasteiger partial charge is 0.351 e. The molecule has 0 unspecified atom stereocenters. The lowest BCUT2D eigenvalue weighted by Gasteiger charge is -2.28. The van der Waals surface area contributed by atoms with Gasteiger partial charge in [-0.3, -0.25) is 4.79 Å². The van der Waals surface area contributed by atoms with Gasteiger partial charge in [0.2, 0.25) is 5.91 Å². The second kappa shape index (κ2) is 9.09. The third-order valence-corrected chi connectivity index (χ3v) is 6.53. The lowest BCUT2D eigenvalue weighted by Crippen LogP contribution is -2.42. The predicted octanol–water partition coefficient (Wildman–Crippen LogP) is 5.10. The molecule has 1 aliphatic carbocycles. The maximum atomic E-state index is 13.3. The molecule has 158 valence electrons. The van der Waals surface area contributed by atoms with Gasteiger partial charge in [0.1, 0.15) is 0 Å². The minimum absolute atomic E-state index is 0.0498. The quantitative estimate of drug-likeness (QED) is 0.700. The van der Waals surface area contributed by atoms with E-state index in [4.69, 9.17) is 11.6 Å². The maximum Gasteiger partial charge on any atom is 0.321 e. The Bertz CT molecular complexity index is 918. The van der Waals surface area contributed by atoms with Gasteiger partial charge in [-0.1, -0.05) is 48.7 Å². The highest BCUT2D eigenvalue weighted by Crippen LogP contribution is 2.42. The molecule has 1 heterocycles. The zero-order valence-electron chi connectivity index (χ0n) is 17.1. The van der Waals surface area contributed by atoms with Crippen LogP contribution in [-0.4, -0.2) is 29.9 Å². The van der Waals surface area contributed by atoms with E-state index in [0.29, 0.717) is 11.6 Å². The van der Waals surface area contributed by atoms with E-state index >= 15 is 0 Å². The number of carbonyl (C=O) groups is 2. The van der Waals surface area contributed by atoms with E-state index in [9.17, 15) is 9.59 Å². The van der Waals surface area contributed by atoms with Gasteiger partial charge < -0.3 is 15.5 Å². The predicted molar refractivity (Wildman–Crippen MR) is 120 cm³/mol. The molecule has 2 N–H and O–H groups in total. The van der Waals surface area contributed by atoms with Crippen molar-refractivity contribution in [2.24, 2.45) is 0 Å². The number of hydrogen-bond donors (Lipinski definition) is 2. The van der Waals surface area contributed by atoms with E-state index < -0.39 is 5.41 Å². The molecule has 4 rings (SSSR count). The molecule has 0 bridgehead atoms. The van der Waals surface area contributed by atoms with Crippen LogP contribution in [0.1, 0.15) is 49.7 Å². The molecule has 0 radical (unpaired) electrons. The summed E-state index contributed by atoms with van der Waals surface area (Å²) in [5, 5.41) is 6.76. The highest BCUT2D eigenvalue weighted by atomic mass is 35.5. The summed E-state index contributed by atoms with van der Waals surface area (Å²) >= 11 is 6.20. The van der Waals surface area contributed by atoms with Crippen molar-refractivity contribution >= 4 is 29.2 Å². The van der Waals surface area contributed by atoms with Crippen molar-refractivity contribution in [3.8, 4) is 0 Å². The van der Waals surface area contributed by atoms with Crippen LogP contribution < -0.4 is 10.6 Å². The molecule has 1 aliphatic heterocycles. The summed E-state index contributed by atoms with van der Waals surface area (Å²) in [6.07, 6.45) is 5.88. The summed E-state index contributed by atoms with van der Waals surface area (Å²) in [4.78, 5) is 27.4. The zero-order valence-corrected chi connectivity index (χ0v) is 17.9. The van der Waals surface area contributed by atoms with E-state index in [-0.39, 0.29) is 11.9 Å². The first-order valence-corrected chi connectivity index (χ1v) is 11.1. The third kappa shape index (κ3) is 4.46. The standard InChI is InChI=1S/C24H28ClN3O2/c25-20-9-6-8-19(16-20)24(11-1-2-12-24)22(29)26-17-18-7-5-10-21(15-18)27-23(30)28-13-3-4-14-28/h5-10,15-16H,1-4,11-14,17H2,(H,26,29)(H,27,30). The smallest absolute Gasteiger partial charge is 0.321 e. The van der Waals surface area contributed by atoms with Crippen LogP contribution in [0.4, 0.5) is 10.5 Å². The Morgan fingerprint density at radius 2 is 1.70 bits per heavy atom. The molecule has 0 aromatic heterocycles.